The minimum Gasteiger partial charge on any atom is -0.345 e. The molecule has 10 heteroatoms. The van der Waals surface area contributed by atoms with Crippen LogP contribution in [0.15, 0.2) is 42.6 Å². The maximum Gasteiger partial charge on any atom is 0.405 e. The number of amides is 2. The van der Waals surface area contributed by atoms with Crippen LogP contribution >= 0.6 is 0 Å². The van der Waals surface area contributed by atoms with Crippen LogP contribution in [0.25, 0.3) is 22.3 Å². The van der Waals surface area contributed by atoms with Crippen molar-refractivity contribution in [3.05, 3.63) is 48.2 Å². The van der Waals surface area contributed by atoms with E-state index >= 15 is 0 Å². The van der Waals surface area contributed by atoms with Crippen LogP contribution in [0.2, 0.25) is 0 Å². The standard InChI is InChI=1S/C19H18F3N5O2/c1-2-27-17-14(9-25-27)13(8-15(26-17)12-6-4-3-5-7-12)18(29)23-10-16(28)24-11-19(20,21)22/h3-9H,2,10-11H2,1H3,(H,23,29)(H,24,28). The van der Waals surface area contributed by atoms with E-state index in [1.807, 2.05) is 37.3 Å². The Labute approximate surface area is 163 Å². The number of aryl methyl sites for hydroxylation is 1. The van der Waals surface area contributed by atoms with Gasteiger partial charge in [-0.2, -0.15) is 18.3 Å². The summed E-state index contributed by atoms with van der Waals surface area (Å²) in [6.45, 7) is 0.383. The first kappa shape index (κ1) is 20.3. The molecule has 0 aliphatic heterocycles. The third-order valence-corrected chi connectivity index (χ3v) is 4.12. The first-order valence-electron chi connectivity index (χ1n) is 8.82. The Hall–Kier alpha value is -3.43. The smallest absolute Gasteiger partial charge is 0.345 e. The Morgan fingerprint density at radius 3 is 2.52 bits per heavy atom. The number of nitrogens with zero attached hydrogens (tertiary/aromatic N) is 3. The van der Waals surface area contributed by atoms with Gasteiger partial charge in [-0.15, -0.1) is 0 Å². The molecule has 7 nitrogen and oxygen atoms in total. The lowest BCUT2D eigenvalue weighted by Crippen LogP contribution is -2.40. The first-order valence-corrected chi connectivity index (χ1v) is 8.82. The van der Waals surface area contributed by atoms with Gasteiger partial charge >= 0.3 is 6.18 Å². The van der Waals surface area contributed by atoms with E-state index in [0.717, 1.165) is 5.56 Å². The number of hydrogen-bond donors (Lipinski definition) is 2. The second-order valence-electron chi connectivity index (χ2n) is 6.19. The van der Waals surface area contributed by atoms with Gasteiger partial charge in [-0.3, -0.25) is 9.59 Å². The van der Waals surface area contributed by atoms with Crippen molar-refractivity contribution in [1.82, 2.24) is 25.4 Å². The SMILES string of the molecule is CCn1ncc2c(C(=O)NCC(=O)NCC(F)(F)F)cc(-c3ccccc3)nc21. The highest BCUT2D eigenvalue weighted by molar-refractivity contribution is 6.07. The topological polar surface area (TPSA) is 88.9 Å². The fourth-order valence-electron chi connectivity index (χ4n) is 2.74. The van der Waals surface area contributed by atoms with Gasteiger partial charge in [-0.05, 0) is 13.0 Å². The van der Waals surface area contributed by atoms with E-state index in [-0.39, 0.29) is 5.56 Å². The predicted octanol–water partition coefficient (Wildman–Crippen LogP) is 2.53. The number of alkyl halides is 3. The normalized spacial score (nSPS) is 11.4. The number of benzene rings is 1. The number of carbonyl (C=O) groups is 2. The third-order valence-electron chi connectivity index (χ3n) is 4.12. The monoisotopic (exact) mass is 405 g/mol. The Morgan fingerprint density at radius 2 is 1.86 bits per heavy atom. The lowest BCUT2D eigenvalue weighted by atomic mass is 10.1. The summed E-state index contributed by atoms with van der Waals surface area (Å²) in [6, 6.07) is 10.8. The van der Waals surface area contributed by atoms with Gasteiger partial charge in [-0.1, -0.05) is 30.3 Å². The van der Waals surface area contributed by atoms with Crippen molar-refractivity contribution in [1.29, 1.82) is 0 Å². The van der Waals surface area contributed by atoms with Crippen molar-refractivity contribution < 1.29 is 22.8 Å². The van der Waals surface area contributed by atoms with Gasteiger partial charge in [-0.25, -0.2) is 9.67 Å². The molecule has 0 bridgehead atoms. The molecule has 0 saturated heterocycles. The Kier molecular flexibility index (Phi) is 5.81. The zero-order valence-electron chi connectivity index (χ0n) is 15.5. The van der Waals surface area contributed by atoms with Gasteiger partial charge < -0.3 is 10.6 Å². The van der Waals surface area contributed by atoms with Gasteiger partial charge in [0.05, 0.1) is 29.4 Å². The summed E-state index contributed by atoms with van der Waals surface area (Å²) < 4.78 is 38.2. The molecule has 0 radical (unpaired) electrons. The van der Waals surface area contributed by atoms with E-state index in [2.05, 4.69) is 15.4 Å². The van der Waals surface area contributed by atoms with Crippen LogP contribution in [0.4, 0.5) is 13.2 Å². The predicted molar refractivity (Wildman–Crippen MR) is 100 cm³/mol. The summed E-state index contributed by atoms with van der Waals surface area (Å²) in [5.74, 6) is -1.54. The van der Waals surface area contributed by atoms with Gasteiger partial charge in [0.25, 0.3) is 5.91 Å². The molecule has 0 fully saturated rings. The third kappa shape index (κ3) is 4.89. The van der Waals surface area contributed by atoms with Crippen molar-refractivity contribution in [3.63, 3.8) is 0 Å². The fraction of sp³-hybridized carbons (Fsp3) is 0.263. The maximum atomic E-state index is 12.7. The molecule has 0 aliphatic rings. The molecule has 1 aromatic carbocycles. The minimum absolute atomic E-state index is 0.233. The number of rotatable bonds is 6. The molecule has 152 valence electrons. The Bertz CT molecular complexity index is 1030. The van der Waals surface area contributed by atoms with Crippen LogP contribution in [-0.4, -0.2) is 45.8 Å². The number of hydrogen-bond acceptors (Lipinski definition) is 4. The second kappa shape index (κ2) is 8.29. The number of carbonyl (C=O) groups excluding carboxylic acids is 2. The molecule has 2 amide bonds. The van der Waals surface area contributed by atoms with Crippen LogP contribution in [0, 0.1) is 0 Å². The average molecular weight is 405 g/mol. The van der Waals surface area contributed by atoms with Crippen LogP contribution in [-0.2, 0) is 11.3 Å². The molecule has 0 spiro atoms. The van der Waals surface area contributed by atoms with Gasteiger partial charge in [0.2, 0.25) is 5.91 Å². The quantitative estimate of drug-likeness (QED) is 0.660. The molecule has 0 aliphatic carbocycles. The van der Waals surface area contributed by atoms with Crippen LogP contribution in [0.1, 0.15) is 17.3 Å². The van der Waals surface area contributed by atoms with Crippen LogP contribution in [0.3, 0.4) is 0 Å². The Morgan fingerprint density at radius 1 is 1.14 bits per heavy atom. The summed E-state index contributed by atoms with van der Waals surface area (Å²) in [7, 11) is 0. The number of aromatic nitrogens is 3. The summed E-state index contributed by atoms with van der Waals surface area (Å²) in [6.07, 6.45) is -3.02. The van der Waals surface area contributed by atoms with Crippen molar-refractivity contribution in [2.45, 2.75) is 19.6 Å². The molecule has 0 unspecified atom stereocenters. The Balaban J connectivity index is 1.86. The zero-order chi connectivity index (χ0) is 21.0. The number of pyridine rings is 1. The number of fused-ring (bicyclic) bond motifs is 1. The highest BCUT2D eigenvalue weighted by atomic mass is 19.4. The summed E-state index contributed by atoms with van der Waals surface area (Å²) in [5.41, 5.74) is 2.06. The molecule has 2 N–H and O–H groups in total. The number of halogens is 3. The van der Waals surface area contributed by atoms with Gasteiger partial charge in [0, 0.05) is 12.1 Å². The zero-order valence-corrected chi connectivity index (χ0v) is 15.5. The van der Waals surface area contributed by atoms with E-state index in [4.69, 9.17) is 0 Å². The molecular weight excluding hydrogens is 387 g/mol. The van der Waals surface area contributed by atoms with Crippen molar-refractivity contribution in [2.75, 3.05) is 13.1 Å². The van der Waals surface area contributed by atoms with Crippen LogP contribution < -0.4 is 10.6 Å². The van der Waals surface area contributed by atoms with Crippen LogP contribution in [0.5, 0.6) is 0 Å². The molecule has 2 aromatic heterocycles. The molecule has 3 aromatic rings. The van der Waals surface area contributed by atoms with E-state index in [9.17, 15) is 22.8 Å². The molecule has 3 rings (SSSR count). The van der Waals surface area contributed by atoms with E-state index in [1.54, 1.807) is 16.1 Å². The van der Waals surface area contributed by atoms with Gasteiger partial charge in [0.15, 0.2) is 5.65 Å². The highest BCUT2D eigenvalue weighted by Gasteiger charge is 2.27. The van der Waals surface area contributed by atoms with E-state index in [0.29, 0.717) is 23.3 Å². The van der Waals surface area contributed by atoms with Crippen molar-refractivity contribution in [3.8, 4) is 11.3 Å². The lowest BCUT2D eigenvalue weighted by molar-refractivity contribution is -0.137. The van der Waals surface area contributed by atoms with E-state index < -0.39 is 31.1 Å². The molecule has 2 heterocycles. The number of nitrogens with one attached hydrogen (secondary N) is 2. The summed E-state index contributed by atoms with van der Waals surface area (Å²) in [5, 5.41) is 8.76. The van der Waals surface area contributed by atoms with Gasteiger partial charge in [0.1, 0.15) is 6.54 Å². The minimum atomic E-state index is -4.52. The first-order chi connectivity index (χ1) is 13.8. The molecule has 0 saturated carbocycles. The van der Waals surface area contributed by atoms with E-state index in [1.165, 1.54) is 6.20 Å². The molecular formula is C19H18F3N5O2. The average Bonchev–Trinajstić information content (AvgIpc) is 3.13. The van der Waals surface area contributed by atoms with Crippen molar-refractivity contribution >= 4 is 22.8 Å². The lowest BCUT2D eigenvalue weighted by Gasteiger charge is -2.11. The molecule has 0 atom stereocenters. The molecule has 29 heavy (non-hydrogen) atoms. The highest BCUT2D eigenvalue weighted by Crippen LogP contribution is 2.24. The van der Waals surface area contributed by atoms with Crippen molar-refractivity contribution in [2.24, 2.45) is 0 Å². The largest absolute Gasteiger partial charge is 0.405 e. The second-order valence-corrected chi connectivity index (χ2v) is 6.19. The summed E-state index contributed by atoms with van der Waals surface area (Å²) >= 11 is 0. The summed E-state index contributed by atoms with van der Waals surface area (Å²) in [4.78, 5) is 28.8. The maximum absolute atomic E-state index is 12.7. The fourth-order valence-corrected chi connectivity index (χ4v) is 2.74.